The summed E-state index contributed by atoms with van der Waals surface area (Å²) in [5.74, 6) is -0.411. The first-order valence-corrected chi connectivity index (χ1v) is 13.5. The van der Waals surface area contributed by atoms with Crippen molar-refractivity contribution in [2.75, 3.05) is 23.7 Å². The van der Waals surface area contributed by atoms with Crippen molar-refractivity contribution in [3.8, 4) is 0 Å². The van der Waals surface area contributed by atoms with Gasteiger partial charge in [-0.3, -0.25) is 13.9 Å². The molecule has 1 unspecified atom stereocenters. The van der Waals surface area contributed by atoms with Crippen LogP contribution in [0.1, 0.15) is 56.7 Å². The molecule has 0 radical (unpaired) electrons. The molecule has 0 aliphatic heterocycles. The van der Waals surface area contributed by atoms with Crippen LogP contribution in [0, 0.1) is 6.92 Å². The molecule has 0 saturated carbocycles. The van der Waals surface area contributed by atoms with Crippen LogP contribution in [0.15, 0.2) is 48.5 Å². The first-order chi connectivity index (χ1) is 16.0. The molecule has 1 atom stereocenters. The van der Waals surface area contributed by atoms with E-state index in [0.717, 1.165) is 33.7 Å². The van der Waals surface area contributed by atoms with Crippen LogP contribution >= 0.6 is 0 Å². The molecule has 2 aromatic carbocycles. The van der Waals surface area contributed by atoms with E-state index in [1.807, 2.05) is 50.2 Å². The average molecular weight is 488 g/mol. The minimum atomic E-state index is -3.74. The van der Waals surface area contributed by atoms with Crippen molar-refractivity contribution < 1.29 is 18.0 Å². The van der Waals surface area contributed by atoms with Crippen molar-refractivity contribution in [1.82, 2.24) is 10.2 Å². The Kier molecular flexibility index (Phi) is 9.67. The highest BCUT2D eigenvalue weighted by Gasteiger charge is 2.30. The van der Waals surface area contributed by atoms with E-state index in [1.165, 1.54) is 4.90 Å². The van der Waals surface area contributed by atoms with Crippen LogP contribution in [-0.4, -0.2) is 50.5 Å². The quantitative estimate of drug-likeness (QED) is 0.522. The van der Waals surface area contributed by atoms with Crippen molar-refractivity contribution in [3.63, 3.8) is 0 Å². The number of carbonyl (C=O) groups excluding carboxylic acids is 2. The molecule has 2 rings (SSSR count). The Morgan fingerprint density at radius 2 is 1.62 bits per heavy atom. The van der Waals surface area contributed by atoms with E-state index >= 15 is 0 Å². The number of hydrogen-bond acceptors (Lipinski definition) is 4. The topological polar surface area (TPSA) is 86.8 Å². The van der Waals surface area contributed by atoms with E-state index in [1.54, 1.807) is 19.1 Å². The molecule has 0 aliphatic carbocycles. The minimum Gasteiger partial charge on any atom is -0.354 e. The summed E-state index contributed by atoms with van der Waals surface area (Å²) in [5.41, 5.74) is 3.38. The van der Waals surface area contributed by atoms with Crippen LogP contribution in [0.5, 0.6) is 0 Å². The third-order valence-corrected chi connectivity index (χ3v) is 6.99. The second-order valence-corrected chi connectivity index (χ2v) is 10.8. The molecule has 0 fully saturated rings. The van der Waals surface area contributed by atoms with E-state index < -0.39 is 28.5 Å². The number of sulfonamides is 1. The van der Waals surface area contributed by atoms with Crippen LogP contribution in [0.3, 0.4) is 0 Å². The number of aryl methyl sites for hydroxylation is 1. The summed E-state index contributed by atoms with van der Waals surface area (Å²) in [4.78, 5) is 27.7. The number of nitrogens with zero attached hydrogens (tertiary/aromatic N) is 2. The normalized spacial score (nSPS) is 12.3. The standard InChI is InChI=1S/C26H37N3O4S/c1-7-16-27-26(31)21(5)28(17-23-11-9-8-10-20(23)4)25(30)18-29(34(6,32)33)24-14-12-22(13-15-24)19(2)3/h8-15,19,21H,7,16-18H2,1-6H3,(H,27,31). The molecule has 0 saturated heterocycles. The fourth-order valence-electron chi connectivity index (χ4n) is 3.59. The van der Waals surface area contributed by atoms with E-state index in [9.17, 15) is 18.0 Å². The zero-order valence-electron chi connectivity index (χ0n) is 21.0. The van der Waals surface area contributed by atoms with Crippen LogP contribution < -0.4 is 9.62 Å². The Labute approximate surface area is 204 Å². The summed E-state index contributed by atoms with van der Waals surface area (Å²) in [6.45, 7) is 10.0. The molecule has 34 heavy (non-hydrogen) atoms. The van der Waals surface area contributed by atoms with Gasteiger partial charge in [0.05, 0.1) is 11.9 Å². The monoisotopic (exact) mass is 487 g/mol. The molecule has 1 N–H and O–H groups in total. The summed E-state index contributed by atoms with van der Waals surface area (Å²) < 4.78 is 26.4. The van der Waals surface area contributed by atoms with Gasteiger partial charge >= 0.3 is 0 Å². The highest BCUT2D eigenvalue weighted by atomic mass is 32.2. The van der Waals surface area contributed by atoms with E-state index in [0.29, 0.717) is 18.2 Å². The molecular weight excluding hydrogens is 450 g/mol. The third kappa shape index (κ3) is 7.32. The Morgan fingerprint density at radius 1 is 1.00 bits per heavy atom. The summed E-state index contributed by atoms with van der Waals surface area (Å²) in [6.07, 6.45) is 1.86. The Morgan fingerprint density at radius 3 is 2.15 bits per heavy atom. The molecule has 0 bridgehead atoms. The lowest BCUT2D eigenvalue weighted by atomic mass is 10.0. The van der Waals surface area contributed by atoms with Crippen molar-refractivity contribution in [1.29, 1.82) is 0 Å². The van der Waals surface area contributed by atoms with E-state index in [2.05, 4.69) is 19.2 Å². The molecule has 0 heterocycles. The van der Waals surface area contributed by atoms with Gasteiger partial charge < -0.3 is 10.2 Å². The lowest BCUT2D eigenvalue weighted by molar-refractivity contribution is -0.139. The van der Waals surface area contributed by atoms with E-state index in [-0.39, 0.29) is 12.5 Å². The highest BCUT2D eigenvalue weighted by molar-refractivity contribution is 7.92. The molecule has 8 heteroatoms. The molecule has 2 aromatic rings. The van der Waals surface area contributed by atoms with E-state index in [4.69, 9.17) is 0 Å². The molecule has 7 nitrogen and oxygen atoms in total. The van der Waals surface area contributed by atoms with Crippen molar-refractivity contribution in [3.05, 3.63) is 65.2 Å². The molecule has 0 aromatic heterocycles. The average Bonchev–Trinajstić information content (AvgIpc) is 2.79. The fourth-order valence-corrected chi connectivity index (χ4v) is 4.44. The third-order valence-electron chi connectivity index (χ3n) is 5.85. The summed E-state index contributed by atoms with van der Waals surface area (Å²) in [6, 6.07) is 14.1. The molecular formula is C26H37N3O4S. The van der Waals surface area contributed by atoms with Gasteiger partial charge in [0.2, 0.25) is 21.8 Å². The highest BCUT2D eigenvalue weighted by Crippen LogP contribution is 2.23. The largest absolute Gasteiger partial charge is 0.354 e. The van der Waals surface area contributed by atoms with Gasteiger partial charge in [-0.05, 0) is 55.0 Å². The predicted molar refractivity (Wildman–Crippen MR) is 137 cm³/mol. The number of nitrogens with one attached hydrogen (secondary N) is 1. The van der Waals surface area contributed by atoms with Gasteiger partial charge in [-0.1, -0.05) is 57.2 Å². The van der Waals surface area contributed by atoms with Crippen molar-refractivity contribution in [2.45, 2.75) is 59.5 Å². The molecule has 0 spiro atoms. The summed E-state index contributed by atoms with van der Waals surface area (Å²) in [5, 5.41) is 2.84. The Balaban J connectivity index is 2.38. The first kappa shape index (κ1) is 27.4. The van der Waals surface area contributed by atoms with Crippen LogP contribution in [0.25, 0.3) is 0 Å². The zero-order chi connectivity index (χ0) is 25.5. The Hall–Kier alpha value is -2.87. The number of rotatable bonds is 11. The van der Waals surface area contributed by atoms with Crippen LogP contribution in [0.4, 0.5) is 5.69 Å². The maximum atomic E-state index is 13.5. The molecule has 186 valence electrons. The van der Waals surface area contributed by atoms with Crippen LogP contribution in [-0.2, 0) is 26.2 Å². The van der Waals surface area contributed by atoms with Crippen molar-refractivity contribution in [2.24, 2.45) is 0 Å². The fraction of sp³-hybridized carbons (Fsp3) is 0.462. The van der Waals surface area contributed by atoms with Gasteiger partial charge in [0.25, 0.3) is 0 Å². The predicted octanol–water partition coefficient (Wildman–Crippen LogP) is 3.83. The number of hydrogen-bond donors (Lipinski definition) is 1. The number of amides is 2. The summed E-state index contributed by atoms with van der Waals surface area (Å²) >= 11 is 0. The van der Waals surface area contributed by atoms with Gasteiger partial charge in [0.15, 0.2) is 0 Å². The summed E-state index contributed by atoms with van der Waals surface area (Å²) in [7, 11) is -3.74. The number of benzene rings is 2. The lowest BCUT2D eigenvalue weighted by Gasteiger charge is -2.32. The minimum absolute atomic E-state index is 0.204. The number of anilines is 1. The smallest absolute Gasteiger partial charge is 0.244 e. The Bertz CT molecular complexity index is 1080. The van der Waals surface area contributed by atoms with Crippen LogP contribution in [0.2, 0.25) is 0 Å². The second-order valence-electron chi connectivity index (χ2n) is 8.93. The van der Waals surface area contributed by atoms with Crippen molar-refractivity contribution >= 4 is 27.5 Å². The SMILES string of the molecule is CCCNC(=O)C(C)N(Cc1ccccc1C)C(=O)CN(c1ccc(C(C)C)cc1)S(C)(=O)=O. The lowest BCUT2D eigenvalue weighted by Crippen LogP contribution is -2.51. The second kappa shape index (κ2) is 12.0. The maximum Gasteiger partial charge on any atom is 0.244 e. The maximum absolute atomic E-state index is 13.5. The first-order valence-electron chi connectivity index (χ1n) is 11.6. The molecule has 2 amide bonds. The van der Waals surface area contributed by atoms with Gasteiger partial charge in [0, 0.05) is 13.1 Å². The van der Waals surface area contributed by atoms with Gasteiger partial charge in [-0.15, -0.1) is 0 Å². The van der Waals surface area contributed by atoms with Gasteiger partial charge in [-0.2, -0.15) is 0 Å². The zero-order valence-corrected chi connectivity index (χ0v) is 21.9. The van der Waals surface area contributed by atoms with Gasteiger partial charge in [0.1, 0.15) is 12.6 Å². The molecule has 0 aliphatic rings. The number of carbonyl (C=O) groups is 2. The van der Waals surface area contributed by atoms with Gasteiger partial charge in [-0.25, -0.2) is 8.42 Å².